The van der Waals surface area contributed by atoms with Gasteiger partial charge in [-0.05, 0) is 49.4 Å². The minimum atomic E-state index is -0.402. The summed E-state index contributed by atoms with van der Waals surface area (Å²) < 4.78 is 18.6. The van der Waals surface area contributed by atoms with Gasteiger partial charge in [0, 0.05) is 12.6 Å². The summed E-state index contributed by atoms with van der Waals surface area (Å²) in [6.07, 6.45) is 2.07. The molecule has 0 unspecified atom stereocenters. The summed E-state index contributed by atoms with van der Waals surface area (Å²) in [5.41, 5.74) is 1.91. The van der Waals surface area contributed by atoms with Gasteiger partial charge in [0.1, 0.15) is 5.82 Å². The van der Waals surface area contributed by atoms with Crippen LogP contribution in [0.5, 0.6) is 0 Å². The van der Waals surface area contributed by atoms with Gasteiger partial charge in [-0.3, -0.25) is 4.90 Å². The molecule has 1 N–H and O–H groups in total. The van der Waals surface area contributed by atoms with Crippen molar-refractivity contribution in [1.29, 1.82) is 0 Å². The maximum Gasteiger partial charge on any atom is 0.150 e. The molecule has 0 saturated carbocycles. The molecule has 0 amide bonds. The Bertz CT molecular complexity index is 643. The highest BCUT2D eigenvalue weighted by Gasteiger charge is 2.28. The number of nitrogens with zero attached hydrogens (tertiary/aromatic N) is 2. The molecule has 1 fully saturated rings. The highest BCUT2D eigenvalue weighted by atomic mass is 19.1. The standard InChI is InChI=1S/C18H23FN2O2/c1-2-16-10-17(23-20-16)11-21-7-6-14(18(22)12-21)8-13-4-3-5-15(19)9-13/h3-5,9-10,14,18,22H,2,6-8,11-12H2,1H3/t14-,18-/m1/s1. The number of halogens is 1. The Morgan fingerprint density at radius 2 is 2.26 bits per heavy atom. The van der Waals surface area contributed by atoms with Gasteiger partial charge in [-0.15, -0.1) is 0 Å². The number of aromatic nitrogens is 1. The molecule has 1 aromatic carbocycles. The molecule has 5 heteroatoms. The SMILES string of the molecule is CCc1cc(CN2CC[C@H](Cc3cccc(F)c3)[C@H](O)C2)on1. The van der Waals surface area contributed by atoms with Gasteiger partial charge in [0.25, 0.3) is 0 Å². The van der Waals surface area contributed by atoms with Crippen LogP contribution in [0.15, 0.2) is 34.9 Å². The number of hydrogen-bond acceptors (Lipinski definition) is 4. The second-order valence-electron chi connectivity index (χ2n) is 6.32. The van der Waals surface area contributed by atoms with E-state index in [0.29, 0.717) is 13.1 Å². The Morgan fingerprint density at radius 1 is 1.39 bits per heavy atom. The highest BCUT2D eigenvalue weighted by molar-refractivity contribution is 5.17. The van der Waals surface area contributed by atoms with E-state index in [2.05, 4.69) is 10.1 Å². The third kappa shape index (κ3) is 4.18. The van der Waals surface area contributed by atoms with E-state index in [1.807, 2.05) is 19.1 Å². The zero-order valence-electron chi connectivity index (χ0n) is 13.4. The van der Waals surface area contributed by atoms with Crippen LogP contribution in [-0.2, 0) is 19.4 Å². The summed E-state index contributed by atoms with van der Waals surface area (Å²) in [7, 11) is 0. The van der Waals surface area contributed by atoms with Crippen molar-refractivity contribution in [1.82, 2.24) is 10.1 Å². The molecule has 3 rings (SSSR count). The molecular formula is C18H23FN2O2. The number of aryl methyl sites for hydroxylation is 1. The van der Waals surface area contributed by atoms with E-state index >= 15 is 0 Å². The molecule has 1 saturated heterocycles. The Labute approximate surface area is 135 Å². The Morgan fingerprint density at radius 3 is 2.96 bits per heavy atom. The summed E-state index contributed by atoms with van der Waals surface area (Å²) in [5.74, 6) is 0.804. The first-order valence-corrected chi connectivity index (χ1v) is 8.23. The molecule has 1 aliphatic rings. The van der Waals surface area contributed by atoms with E-state index in [1.165, 1.54) is 6.07 Å². The topological polar surface area (TPSA) is 49.5 Å². The predicted molar refractivity (Wildman–Crippen MR) is 85.4 cm³/mol. The molecule has 4 nitrogen and oxygen atoms in total. The molecule has 23 heavy (non-hydrogen) atoms. The first-order chi connectivity index (χ1) is 11.1. The van der Waals surface area contributed by atoms with E-state index in [1.54, 1.807) is 12.1 Å². The minimum Gasteiger partial charge on any atom is -0.391 e. The first-order valence-electron chi connectivity index (χ1n) is 8.23. The maximum absolute atomic E-state index is 13.3. The fourth-order valence-electron chi connectivity index (χ4n) is 3.21. The number of hydrogen-bond donors (Lipinski definition) is 1. The summed E-state index contributed by atoms with van der Waals surface area (Å²) in [6.45, 7) is 4.24. The number of β-amino-alcohol motifs (C(OH)–C–C–N with tert-alkyl or cyclic N) is 1. The normalized spacial score (nSPS) is 22.4. The molecule has 1 aromatic heterocycles. The lowest BCUT2D eigenvalue weighted by Crippen LogP contribution is -2.44. The summed E-state index contributed by atoms with van der Waals surface area (Å²) >= 11 is 0. The Hall–Kier alpha value is -1.72. The molecule has 2 heterocycles. The number of likely N-dealkylation sites (tertiary alicyclic amines) is 1. The van der Waals surface area contributed by atoms with Gasteiger partial charge in [0.2, 0.25) is 0 Å². The third-order valence-corrected chi connectivity index (χ3v) is 4.54. The summed E-state index contributed by atoms with van der Waals surface area (Å²) in [6, 6.07) is 8.62. The number of aliphatic hydroxyl groups is 1. The lowest BCUT2D eigenvalue weighted by Gasteiger charge is -2.35. The van der Waals surface area contributed by atoms with Crippen molar-refractivity contribution >= 4 is 0 Å². The summed E-state index contributed by atoms with van der Waals surface area (Å²) in [4.78, 5) is 2.19. The quantitative estimate of drug-likeness (QED) is 0.921. The van der Waals surface area contributed by atoms with Crippen LogP contribution in [0.2, 0.25) is 0 Å². The molecular weight excluding hydrogens is 295 g/mol. The molecule has 124 valence electrons. The van der Waals surface area contributed by atoms with Crippen LogP contribution in [0.3, 0.4) is 0 Å². The van der Waals surface area contributed by atoms with Crippen LogP contribution in [0, 0.1) is 11.7 Å². The average molecular weight is 318 g/mol. The van der Waals surface area contributed by atoms with Gasteiger partial charge >= 0.3 is 0 Å². The second kappa shape index (κ2) is 7.23. The van der Waals surface area contributed by atoms with Crippen molar-refractivity contribution in [3.05, 3.63) is 53.2 Å². The van der Waals surface area contributed by atoms with Crippen LogP contribution in [-0.4, -0.2) is 34.4 Å². The Kier molecular flexibility index (Phi) is 5.08. The van der Waals surface area contributed by atoms with Crippen LogP contribution >= 0.6 is 0 Å². The predicted octanol–water partition coefficient (Wildman–Crippen LogP) is 2.80. The van der Waals surface area contributed by atoms with Crippen molar-refractivity contribution in [2.24, 2.45) is 5.92 Å². The zero-order chi connectivity index (χ0) is 16.2. The van der Waals surface area contributed by atoms with Gasteiger partial charge < -0.3 is 9.63 Å². The van der Waals surface area contributed by atoms with Crippen molar-refractivity contribution in [3.8, 4) is 0 Å². The first kappa shape index (κ1) is 16.1. The van der Waals surface area contributed by atoms with Crippen molar-refractivity contribution in [2.45, 2.75) is 38.8 Å². The lowest BCUT2D eigenvalue weighted by atomic mass is 9.88. The van der Waals surface area contributed by atoms with Gasteiger partial charge in [0.05, 0.1) is 18.3 Å². The molecule has 0 spiro atoms. The lowest BCUT2D eigenvalue weighted by molar-refractivity contribution is 0.0157. The van der Waals surface area contributed by atoms with Crippen LogP contribution in [0.1, 0.15) is 30.4 Å². The number of benzene rings is 1. The fourth-order valence-corrected chi connectivity index (χ4v) is 3.21. The summed E-state index contributed by atoms with van der Waals surface area (Å²) in [5, 5.41) is 14.4. The Balaban J connectivity index is 1.54. The monoisotopic (exact) mass is 318 g/mol. The highest BCUT2D eigenvalue weighted by Crippen LogP contribution is 2.24. The van der Waals surface area contributed by atoms with Crippen molar-refractivity contribution < 1.29 is 14.0 Å². The number of piperidine rings is 1. The molecule has 1 aliphatic heterocycles. The van der Waals surface area contributed by atoms with Crippen LogP contribution in [0.25, 0.3) is 0 Å². The second-order valence-corrected chi connectivity index (χ2v) is 6.32. The van der Waals surface area contributed by atoms with E-state index in [9.17, 15) is 9.50 Å². The molecule has 0 bridgehead atoms. The smallest absolute Gasteiger partial charge is 0.150 e. The zero-order valence-corrected chi connectivity index (χ0v) is 13.4. The fraction of sp³-hybridized carbons (Fsp3) is 0.500. The average Bonchev–Trinajstić information content (AvgIpc) is 2.98. The van der Waals surface area contributed by atoms with E-state index in [-0.39, 0.29) is 11.7 Å². The largest absolute Gasteiger partial charge is 0.391 e. The van der Waals surface area contributed by atoms with E-state index in [4.69, 9.17) is 4.52 Å². The van der Waals surface area contributed by atoms with Crippen molar-refractivity contribution in [3.63, 3.8) is 0 Å². The molecule has 0 aliphatic carbocycles. The van der Waals surface area contributed by atoms with Crippen LogP contribution in [0.4, 0.5) is 4.39 Å². The van der Waals surface area contributed by atoms with Crippen LogP contribution < -0.4 is 0 Å². The van der Waals surface area contributed by atoms with Crippen molar-refractivity contribution in [2.75, 3.05) is 13.1 Å². The van der Waals surface area contributed by atoms with Gasteiger partial charge in [-0.1, -0.05) is 24.2 Å². The molecule has 0 radical (unpaired) electrons. The maximum atomic E-state index is 13.3. The third-order valence-electron chi connectivity index (χ3n) is 4.54. The van der Waals surface area contributed by atoms with Gasteiger partial charge in [0.15, 0.2) is 5.76 Å². The number of rotatable bonds is 5. The molecule has 2 atom stereocenters. The van der Waals surface area contributed by atoms with E-state index in [0.717, 1.165) is 42.8 Å². The van der Waals surface area contributed by atoms with Gasteiger partial charge in [-0.2, -0.15) is 0 Å². The number of aliphatic hydroxyl groups excluding tert-OH is 1. The van der Waals surface area contributed by atoms with E-state index < -0.39 is 6.10 Å². The minimum absolute atomic E-state index is 0.175. The molecule has 2 aromatic rings. The van der Waals surface area contributed by atoms with Gasteiger partial charge in [-0.25, -0.2) is 4.39 Å².